The van der Waals surface area contributed by atoms with E-state index in [1.54, 1.807) is 75.4 Å². The molecule has 0 aliphatic heterocycles. The summed E-state index contributed by atoms with van der Waals surface area (Å²) in [5.74, 6) is 0.266. The van der Waals surface area contributed by atoms with Gasteiger partial charge in [0.2, 0.25) is 5.75 Å². The number of ether oxygens (including phenoxy) is 5. The van der Waals surface area contributed by atoms with Crippen molar-refractivity contribution in [2.45, 2.75) is 26.4 Å². The van der Waals surface area contributed by atoms with Crippen LogP contribution in [-0.4, -0.2) is 50.7 Å². The number of aromatic nitrogens is 1. The fourth-order valence-corrected chi connectivity index (χ4v) is 4.83. The van der Waals surface area contributed by atoms with Crippen molar-refractivity contribution in [2.75, 3.05) is 33.8 Å². The molecule has 11 heteroatoms. The Morgan fingerprint density at radius 3 is 2.02 bits per heavy atom. The summed E-state index contributed by atoms with van der Waals surface area (Å²) >= 11 is 6.59. The second kappa shape index (κ2) is 12.0. The first-order valence-corrected chi connectivity index (χ1v) is 13.2. The van der Waals surface area contributed by atoms with Gasteiger partial charge in [0.1, 0.15) is 11.3 Å². The Morgan fingerprint density at radius 1 is 0.881 bits per heavy atom. The SMILES string of the molecule is COC(=O)c1c(-c2cc(OC)c(OC)c(OC)c2)c2cccc(Cl)c2c(=O)n1-c1ccc(NC(=O)OC(C)(C)C)cc1. The van der Waals surface area contributed by atoms with Gasteiger partial charge in [0.15, 0.2) is 11.5 Å². The highest BCUT2D eigenvalue weighted by atomic mass is 35.5. The predicted molar refractivity (Wildman–Crippen MR) is 161 cm³/mol. The molecule has 4 rings (SSSR count). The number of nitrogens with one attached hydrogen (secondary N) is 1. The first-order valence-electron chi connectivity index (χ1n) is 12.8. The third kappa shape index (κ3) is 5.84. The van der Waals surface area contributed by atoms with Crippen LogP contribution < -0.4 is 25.1 Å². The smallest absolute Gasteiger partial charge is 0.412 e. The highest BCUT2D eigenvalue weighted by molar-refractivity contribution is 6.36. The first-order chi connectivity index (χ1) is 19.9. The Morgan fingerprint density at radius 2 is 1.50 bits per heavy atom. The molecule has 0 aliphatic carbocycles. The fourth-order valence-electron chi connectivity index (χ4n) is 4.57. The predicted octanol–water partition coefficient (Wildman–Crippen LogP) is 6.47. The van der Waals surface area contributed by atoms with Crippen LogP contribution in [0.4, 0.5) is 10.5 Å². The van der Waals surface area contributed by atoms with Crippen LogP contribution in [0.25, 0.3) is 27.6 Å². The van der Waals surface area contributed by atoms with Crippen molar-refractivity contribution < 1.29 is 33.3 Å². The molecule has 1 amide bonds. The van der Waals surface area contributed by atoms with Gasteiger partial charge in [-0.15, -0.1) is 0 Å². The maximum atomic E-state index is 14.1. The van der Waals surface area contributed by atoms with E-state index in [2.05, 4.69) is 5.32 Å². The van der Waals surface area contributed by atoms with E-state index in [1.165, 1.54) is 33.0 Å². The Bertz CT molecular complexity index is 1700. The quantitative estimate of drug-likeness (QED) is 0.242. The number of anilines is 1. The summed E-state index contributed by atoms with van der Waals surface area (Å²) in [6.07, 6.45) is -0.634. The number of nitrogens with zero attached hydrogens (tertiary/aromatic N) is 1. The lowest BCUT2D eigenvalue weighted by Crippen LogP contribution is -2.28. The normalized spacial score (nSPS) is 11.1. The van der Waals surface area contributed by atoms with Gasteiger partial charge < -0.3 is 23.7 Å². The molecule has 0 atom stereocenters. The summed E-state index contributed by atoms with van der Waals surface area (Å²) in [6, 6.07) is 14.7. The fraction of sp³-hybridized carbons (Fsp3) is 0.258. The molecule has 220 valence electrons. The Balaban J connectivity index is 2.04. The summed E-state index contributed by atoms with van der Waals surface area (Å²) < 4.78 is 28.3. The maximum absolute atomic E-state index is 14.1. The third-order valence-corrected chi connectivity index (χ3v) is 6.58. The molecule has 0 aliphatic rings. The van der Waals surface area contributed by atoms with E-state index in [9.17, 15) is 14.4 Å². The van der Waals surface area contributed by atoms with Gasteiger partial charge in [-0.05, 0) is 74.2 Å². The van der Waals surface area contributed by atoms with Gasteiger partial charge in [-0.2, -0.15) is 0 Å². The molecule has 0 saturated heterocycles. The molecule has 0 fully saturated rings. The molecule has 1 aromatic heterocycles. The van der Waals surface area contributed by atoms with Gasteiger partial charge in [-0.25, -0.2) is 9.59 Å². The molecule has 0 spiro atoms. The van der Waals surface area contributed by atoms with E-state index in [1.807, 2.05) is 0 Å². The van der Waals surface area contributed by atoms with Crippen LogP contribution in [0.5, 0.6) is 17.2 Å². The molecular weight excluding hydrogens is 564 g/mol. The topological polar surface area (TPSA) is 114 Å². The molecule has 0 unspecified atom stereocenters. The molecule has 0 bridgehead atoms. The minimum atomic E-state index is -0.770. The van der Waals surface area contributed by atoms with Gasteiger partial charge in [-0.3, -0.25) is 14.7 Å². The molecule has 0 saturated carbocycles. The number of fused-ring (bicyclic) bond motifs is 1. The van der Waals surface area contributed by atoms with Crippen LogP contribution in [0, 0.1) is 0 Å². The van der Waals surface area contributed by atoms with Crippen LogP contribution in [0.1, 0.15) is 31.3 Å². The average Bonchev–Trinajstić information content (AvgIpc) is 2.95. The monoisotopic (exact) mass is 594 g/mol. The van der Waals surface area contributed by atoms with Crippen molar-refractivity contribution in [1.82, 2.24) is 4.57 Å². The number of methoxy groups -OCH3 is 4. The molecule has 10 nitrogen and oxygen atoms in total. The summed E-state index contributed by atoms with van der Waals surface area (Å²) in [4.78, 5) is 39.8. The number of carbonyl (C=O) groups excluding carboxylic acids is 2. The number of halogens is 1. The Kier molecular flexibility index (Phi) is 8.67. The molecule has 0 radical (unpaired) electrons. The van der Waals surface area contributed by atoms with Crippen LogP contribution >= 0.6 is 11.6 Å². The molecule has 4 aromatic rings. The summed E-state index contributed by atoms with van der Waals surface area (Å²) in [7, 11) is 5.67. The number of hydrogen-bond acceptors (Lipinski definition) is 8. The van der Waals surface area contributed by atoms with Crippen molar-refractivity contribution in [1.29, 1.82) is 0 Å². The van der Waals surface area contributed by atoms with Crippen molar-refractivity contribution in [3.63, 3.8) is 0 Å². The lowest BCUT2D eigenvalue weighted by molar-refractivity contribution is 0.0589. The number of rotatable bonds is 7. The van der Waals surface area contributed by atoms with Gasteiger partial charge in [-0.1, -0.05) is 23.7 Å². The number of hydrogen-bond donors (Lipinski definition) is 1. The van der Waals surface area contributed by atoms with Crippen LogP contribution in [0.2, 0.25) is 5.02 Å². The molecule has 3 aromatic carbocycles. The van der Waals surface area contributed by atoms with E-state index in [0.29, 0.717) is 45.1 Å². The second-order valence-electron chi connectivity index (χ2n) is 10.1. The van der Waals surface area contributed by atoms with Crippen molar-refractivity contribution in [3.8, 4) is 34.1 Å². The maximum Gasteiger partial charge on any atom is 0.412 e. The van der Waals surface area contributed by atoms with E-state index < -0.39 is 23.2 Å². The number of carbonyl (C=O) groups is 2. The summed E-state index contributed by atoms with van der Waals surface area (Å²) in [6.45, 7) is 5.27. The summed E-state index contributed by atoms with van der Waals surface area (Å²) in [5, 5.41) is 3.45. The van der Waals surface area contributed by atoms with Gasteiger partial charge in [0, 0.05) is 16.9 Å². The largest absolute Gasteiger partial charge is 0.493 e. The zero-order valence-corrected chi connectivity index (χ0v) is 25.0. The minimum absolute atomic E-state index is 0.0561. The van der Waals surface area contributed by atoms with Crippen LogP contribution in [0.3, 0.4) is 0 Å². The minimum Gasteiger partial charge on any atom is -0.493 e. The van der Waals surface area contributed by atoms with Crippen molar-refractivity contribution in [2.24, 2.45) is 0 Å². The second-order valence-corrected chi connectivity index (χ2v) is 10.5. The zero-order chi connectivity index (χ0) is 30.8. The standard InChI is InChI=1S/C31H31ClN2O8/c1-31(2,3)42-30(37)33-18-11-13-19(14-12-18)34-26(29(36)41-7)24(20-9-8-10-21(32)25(20)28(34)35)17-15-22(38-4)27(40-6)23(16-17)39-5/h8-16H,1-7H3,(H,33,37). The highest BCUT2D eigenvalue weighted by Crippen LogP contribution is 2.44. The van der Waals surface area contributed by atoms with E-state index in [4.69, 9.17) is 35.3 Å². The number of benzene rings is 3. The molecule has 1 heterocycles. The third-order valence-electron chi connectivity index (χ3n) is 6.26. The van der Waals surface area contributed by atoms with Crippen LogP contribution in [-0.2, 0) is 9.47 Å². The Labute approximate surface area is 247 Å². The first kappa shape index (κ1) is 30.3. The number of amides is 1. The van der Waals surface area contributed by atoms with Crippen molar-refractivity contribution >= 4 is 40.1 Å². The molecule has 42 heavy (non-hydrogen) atoms. The lowest BCUT2D eigenvalue weighted by atomic mass is 9.95. The van der Waals surface area contributed by atoms with E-state index in [-0.39, 0.29) is 16.1 Å². The molecular formula is C31H31ClN2O8. The number of esters is 1. The van der Waals surface area contributed by atoms with E-state index >= 15 is 0 Å². The van der Waals surface area contributed by atoms with Crippen LogP contribution in [0.15, 0.2) is 59.4 Å². The average molecular weight is 595 g/mol. The van der Waals surface area contributed by atoms with E-state index in [0.717, 1.165) is 0 Å². The van der Waals surface area contributed by atoms with Crippen molar-refractivity contribution in [3.05, 3.63) is 75.7 Å². The summed E-state index contributed by atoms with van der Waals surface area (Å²) in [5.41, 5.74) is 0.304. The highest BCUT2D eigenvalue weighted by Gasteiger charge is 2.28. The molecule has 1 N–H and O–H groups in total. The zero-order valence-electron chi connectivity index (χ0n) is 24.3. The van der Waals surface area contributed by atoms with Gasteiger partial charge in [0.25, 0.3) is 5.56 Å². The van der Waals surface area contributed by atoms with Gasteiger partial charge in [0.05, 0.1) is 38.8 Å². The lowest BCUT2D eigenvalue weighted by Gasteiger charge is -2.21. The van der Waals surface area contributed by atoms with Gasteiger partial charge >= 0.3 is 12.1 Å². The Hall–Kier alpha value is -4.70. The number of pyridine rings is 1.